The van der Waals surface area contributed by atoms with Crippen LogP contribution in [0, 0.1) is 0 Å². The van der Waals surface area contributed by atoms with Gasteiger partial charge in [-0.1, -0.05) is 6.42 Å². The highest BCUT2D eigenvalue weighted by Gasteiger charge is 2.19. The molecule has 0 bridgehead atoms. The van der Waals surface area contributed by atoms with Crippen LogP contribution in [0.25, 0.3) is 5.65 Å². The molecule has 0 aromatic carbocycles. The highest BCUT2D eigenvalue weighted by atomic mass is 15.2. The van der Waals surface area contributed by atoms with E-state index in [0.29, 0.717) is 0 Å². The van der Waals surface area contributed by atoms with Crippen molar-refractivity contribution in [2.24, 2.45) is 0 Å². The Balaban J connectivity index is 2.09. The van der Waals surface area contributed by atoms with E-state index in [1.165, 1.54) is 24.8 Å². The summed E-state index contributed by atoms with van der Waals surface area (Å²) < 4.78 is 1.95. The van der Waals surface area contributed by atoms with E-state index in [9.17, 15) is 0 Å². The fraction of sp³-hybridized carbons (Fsp3) is 0.400. The second-order valence-electron chi connectivity index (χ2n) is 3.68. The third kappa shape index (κ3) is 1.03. The molecule has 2 heterocycles. The van der Waals surface area contributed by atoms with Gasteiger partial charge >= 0.3 is 0 Å². The molecule has 0 amide bonds. The van der Waals surface area contributed by atoms with Gasteiger partial charge in [-0.3, -0.25) is 4.40 Å². The standard InChI is InChI=1S/C10H11N3/c1-2-8(3-1)9-4-5-13-7-11-12-10(13)6-9/h4-8H,1-3H2. The summed E-state index contributed by atoms with van der Waals surface area (Å²) in [6.45, 7) is 0. The van der Waals surface area contributed by atoms with Crippen LogP contribution in [0.5, 0.6) is 0 Å². The third-order valence-corrected chi connectivity index (χ3v) is 2.90. The lowest BCUT2D eigenvalue weighted by Gasteiger charge is -2.25. The number of nitrogens with zero attached hydrogens (tertiary/aromatic N) is 3. The fourth-order valence-electron chi connectivity index (χ4n) is 1.83. The quantitative estimate of drug-likeness (QED) is 0.660. The summed E-state index contributed by atoms with van der Waals surface area (Å²) in [7, 11) is 0. The first-order chi connectivity index (χ1) is 6.43. The predicted molar refractivity (Wildman–Crippen MR) is 49.6 cm³/mol. The molecule has 66 valence electrons. The first-order valence-electron chi connectivity index (χ1n) is 4.73. The van der Waals surface area contributed by atoms with Crippen LogP contribution in [0.4, 0.5) is 0 Å². The number of pyridine rings is 1. The summed E-state index contributed by atoms with van der Waals surface area (Å²) >= 11 is 0. The van der Waals surface area contributed by atoms with Gasteiger partial charge in [0, 0.05) is 6.20 Å². The molecular weight excluding hydrogens is 162 g/mol. The number of aromatic nitrogens is 3. The Labute approximate surface area is 76.4 Å². The number of hydrogen-bond acceptors (Lipinski definition) is 2. The Bertz CT molecular complexity index is 428. The van der Waals surface area contributed by atoms with Crippen LogP contribution in [-0.4, -0.2) is 14.6 Å². The van der Waals surface area contributed by atoms with Crippen LogP contribution < -0.4 is 0 Å². The Kier molecular flexibility index (Phi) is 1.39. The lowest BCUT2D eigenvalue weighted by atomic mass is 9.80. The monoisotopic (exact) mass is 173 g/mol. The molecule has 0 unspecified atom stereocenters. The summed E-state index contributed by atoms with van der Waals surface area (Å²) in [5, 5.41) is 7.89. The van der Waals surface area contributed by atoms with Gasteiger partial charge in [0.15, 0.2) is 5.65 Å². The number of fused-ring (bicyclic) bond motifs is 1. The molecule has 0 N–H and O–H groups in total. The molecule has 3 nitrogen and oxygen atoms in total. The van der Waals surface area contributed by atoms with Gasteiger partial charge < -0.3 is 0 Å². The molecule has 1 aliphatic carbocycles. The molecule has 0 aliphatic heterocycles. The average molecular weight is 173 g/mol. The second-order valence-corrected chi connectivity index (χ2v) is 3.68. The summed E-state index contributed by atoms with van der Waals surface area (Å²) in [6.07, 6.45) is 7.83. The molecule has 0 spiro atoms. The summed E-state index contributed by atoms with van der Waals surface area (Å²) in [5.41, 5.74) is 2.39. The van der Waals surface area contributed by atoms with Crippen molar-refractivity contribution in [2.75, 3.05) is 0 Å². The van der Waals surface area contributed by atoms with E-state index in [1.807, 2.05) is 10.6 Å². The Morgan fingerprint density at radius 3 is 3.08 bits per heavy atom. The van der Waals surface area contributed by atoms with Crippen molar-refractivity contribution >= 4 is 5.65 Å². The molecule has 1 aliphatic rings. The third-order valence-electron chi connectivity index (χ3n) is 2.90. The van der Waals surface area contributed by atoms with Gasteiger partial charge in [-0.05, 0) is 36.5 Å². The highest BCUT2D eigenvalue weighted by Crippen LogP contribution is 2.36. The Hall–Kier alpha value is -1.38. The average Bonchev–Trinajstić information content (AvgIpc) is 2.47. The van der Waals surface area contributed by atoms with E-state index in [0.717, 1.165) is 11.6 Å². The molecule has 0 atom stereocenters. The van der Waals surface area contributed by atoms with Gasteiger partial charge in [-0.15, -0.1) is 10.2 Å². The molecule has 3 rings (SSSR count). The summed E-state index contributed by atoms with van der Waals surface area (Å²) in [5.74, 6) is 0.779. The van der Waals surface area contributed by atoms with Gasteiger partial charge in [-0.2, -0.15) is 0 Å². The maximum absolute atomic E-state index is 4.03. The van der Waals surface area contributed by atoms with Crippen molar-refractivity contribution in [1.82, 2.24) is 14.6 Å². The zero-order chi connectivity index (χ0) is 8.67. The van der Waals surface area contributed by atoms with E-state index < -0.39 is 0 Å². The molecule has 1 saturated carbocycles. The molecular formula is C10H11N3. The molecule has 2 aromatic heterocycles. The summed E-state index contributed by atoms with van der Waals surface area (Å²) in [4.78, 5) is 0. The van der Waals surface area contributed by atoms with Crippen LogP contribution in [0.3, 0.4) is 0 Å². The van der Waals surface area contributed by atoms with E-state index in [-0.39, 0.29) is 0 Å². The molecule has 0 radical (unpaired) electrons. The second kappa shape index (κ2) is 2.55. The molecule has 3 heteroatoms. The normalized spacial score (nSPS) is 17.5. The van der Waals surface area contributed by atoms with Crippen LogP contribution in [0.15, 0.2) is 24.7 Å². The molecule has 13 heavy (non-hydrogen) atoms. The van der Waals surface area contributed by atoms with Crippen LogP contribution in [0.2, 0.25) is 0 Å². The first-order valence-corrected chi connectivity index (χ1v) is 4.73. The van der Waals surface area contributed by atoms with Crippen molar-refractivity contribution < 1.29 is 0 Å². The molecule has 2 aromatic rings. The van der Waals surface area contributed by atoms with Crippen molar-refractivity contribution in [3.63, 3.8) is 0 Å². The van der Waals surface area contributed by atoms with E-state index in [1.54, 1.807) is 6.33 Å². The molecule has 0 saturated heterocycles. The van der Waals surface area contributed by atoms with Crippen LogP contribution in [-0.2, 0) is 0 Å². The smallest absolute Gasteiger partial charge is 0.160 e. The minimum absolute atomic E-state index is 0.779. The largest absolute Gasteiger partial charge is 0.289 e. The van der Waals surface area contributed by atoms with Gasteiger partial charge in [0.2, 0.25) is 0 Å². The van der Waals surface area contributed by atoms with Crippen molar-refractivity contribution in [2.45, 2.75) is 25.2 Å². The Morgan fingerprint density at radius 2 is 2.31 bits per heavy atom. The minimum atomic E-state index is 0.779. The SMILES string of the molecule is c1cn2cnnc2cc1C1CCC1. The maximum atomic E-state index is 4.03. The van der Waals surface area contributed by atoms with Crippen molar-refractivity contribution in [3.8, 4) is 0 Å². The minimum Gasteiger partial charge on any atom is -0.289 e. The van der Waals surface area contributed by atoms with Crippen molar-refractivity contribution in [1.29, 1.82) is 0 Å². The first kappa shape index (κ1) is 7.06. The molecule has 1 fully saturated rings. The fourth-order valence-corrected chi connectivity index (χ4v) is 1.83. The number of hydrogen-bond donors (Lipinski definition) is 0. The van der Waals surface area contributed by atoms with Gasteiger partial charge in [-0.25, -0.2) is 0 Å². The maximum Gasteiger partial charge on any atom is 0.160 e. The Morgan fingerprint density at radius 1 is 1.38 bits per heavy atom. The predicted octanol–water partition coefficient (Wildman–Crippen LogP) is 2.00. The van der Waals surface area contributed by atoms with E-state index >= 15 is 0 Å². The van der Waals surface area contributed by atoms with E-state index in [2.05, 4.69) is 22.3 Å². The summed E-state index contributed by atoms with van der Waals surface area (Å²) in [6, 6.07) is 4.33. The van der Waals surface area contributed by atoms with Crippen LogP contribution >= 0.6 is 0 Å². The van der Waals surface area contributed by atoms with E-state index in [4.69, 9.17) is 0 Å². The zero-order valence-corrected chi connectivity index (χ0v) is 7.35. The van der Waals surface area contributed by atoms with Gasteiger partial charge in [0.1, 0.15) is 6.33 Å². The lowest BCUT2D eigenvalue weighted by molar-refractivity contribution is 0.419. The topological polar surface area (TPSA) is 30.2 Å². The van der Waals surface area contributed by atoms with Gasteiger partial charge in [0.05, 0.1) is 0 Å². The van der Waals surface area contributed by atoms with Crippen molar-refractivity contribution in [3.05, 3.63) is 30.2 Å². The zero-order valence-electron chi connectivity index (χ0n) is 7.35. The van der Waals surface area contributed by atoms with Crippen LogP contribution in [0.1, 0.15) is 30.7 Å². The highest BCUT2D eigenvalue weighted by molar-refractivity contribution is 5.41. The lowest BCUT2D eigenvalue weighted by Crippen LogP contribution is -2.08. The van der Waals surface area contributed by atoms with Gasteiger partial charge in [0.25, 0.3) is 0 Å². The number of rotatable bonds is 1.